The maximum absolute atomic E-state index is 13.2. The highest BCUT2D eigenvalue weighted by Gasteiger charge is 2.07. The Balaban J connectivity index is 2.34. The van der Waals surface area contributed by atoms with Crippen molar-refractivity contribution in [2.45, 2.75) is 12.8 Å². The molecule has 0 fully saturated rings. The van der Waals surface area contributed by atoms with Crippen LogP contribution < -0.4 is 11.1 Å². The number of halogens is 1. The normalized spacial score (nSPS) is 10.7. The van der Waals surface area contributed by atoms with E-state index >= 15 is 0 Å². The Morgan fingerprint density at radius 2 is 2.11 bits per heavy atom. The van der Waals surface area contributed by atoms with Crippen molar-refractivity contribution in [3.8, 4) is 0 Å². The Hall–Kier alpha value is -1.62. The van der Waals surface area contributed by atoms with Gasteiger partial charge < -0.3 is 16.0 Å². The van der Waals surface area contributed by atoms with Crippen molar-refractivity contribution in [1.29, 1.82) is 0 Å². The summed E-state index contributed by atoms with van der Waals surface area (Å²) >= 11 is 0. The average Bonchev–Trinajstić information content (AvgIpc) is 2.31. The first-order valence-corrected chi connectivity index (χ1v) is 5.98. The van der Waals surface area contributed by atoms with Crippen LogP contribution in [0.2, 0.25) is 0 Å². The average molecular weight is 253 g/mol. The second-order valence-corrected chi connectivity index (χ2v) is 4.50. The lowest BCUT2D eigenvalue weighted by Gasteiger charge is -2.09. The number of anilines is 1. The lowest BCUT2D eigenvalue weighted by Crippen LogP contribution is -2.25. The zero-order valence-electron chi connectivity index (χ0n) is 10.9. The molecule has 18 heavy (non-hydrogen) atoms. The van der Waals surface area contributed by atoms with E-state index < -0.39 is 5.82 Å². The highest BCUT2D eigenvalue weighted by Crippen LogP contribution is 2.11. The lowest BCUT2D eigenvalue weighted by atomic mass is 10.2. The van der Waals surface area contributed by atoms with Crippen molar-refractivity contribution in [1.82, 2.24) is 10.2 Å². The molecular formula is C13H20FN3O. The molecule has 0 aliphatic rings. The predicted molar refractivity (Wildman–Crippen MR) is 70.9 cm³/mol. The second-order valence-electron chi connectivity index (χ2n) is 4.50. The Labute approximate surface area is 107 Å². The van der Waals surface area contributed by atoms with Gasteiger partial charge in [0.1, 0.15) is 5.82 Å². The molecule has 1 amide bonds. The van der Waals surface area contributed by atoms with Crippen LogP contribution >= 0.6 is 0 Å². The Morgan fingerprint density at radius 3 is 2.72 bits per heavy atom. The maximum atomic E-state index is 13.2. The smallest absolute Gasteiger partial charge is 0.251 e. The SMILES string of the molecule is CN(C)CCCCNC(=O)c1ccc(N)c(F)c1. The van der Waals surface area contributed by atoms with E-state index in [2.05, 4.69) is 10.2 Å². The third-order valence-electron chi connectivity index (χ3n) is 2.58. The van der Waals surface area contributed by atoms with Crippen molar-refractivity contribution in [3.63, 3.8) is 0 Å². The number of amides is 1. The van der Waals surface area contributed by atoms with E-state index in [1.54, 1.807) is 0 Å². The fourth-order valence-corrected chi connectivity index (χ4v) is 1.53. The van der Waals surface area contributed by atoms with E-state index in [0.717, 1.165) is 25.5 Å². The molecule has 0 aliphatic heterocycles. The van der Waals surface area contributed by atoms with Gasteiger partial charge in [0.15, 0.2) is 0 Å². The molecule has 4 nitrogen and oxygen atoms in total. The highest BCUT2D eigenvalue weighted by atomic mass is 19.1. The second kappa shape index (κ2) is 6.96. The van der Waals surface area contributed by atoms with E-state index in [4.69, 9.17) is 5.73 Å². The van der Waals surface area contributed by atoms with Crippen molar-refractivity contribution < 1.29 is 9.18 Å². The van der Waals surface area contributed by atoms with Crippen molar-refractivity contribution >= 4 is 11.6 Å². The van der Waals surface area contributed by atoms with Gasteiger partial charge in [0, 0.05) is 12.1 Å². The molecule has 3 N–H and O–H groups in total. The van der Waals surface area contributed by atoms with Crippen LogP contribution in [0.1, 0.15) is 23.2 Å². The summed E-state index contributed by atoms with van der Waals surface area (Å²) < 4.78 is 13.2. The fraction of sp³-hybridized carbons (Fsp3) is 0.462. The lowest BCUT2D eigenvalue weighted by molar-refractivity contribution is 0.0952. The number of carbonyl (C=O) groups excluding carboxylic acids is 1. The van der Waals surface area contributed by atoms with Gasteiger partial charge in [-0.3, -0.25) is 4.79 Å². The van der Waals surface area contributed by atoms with Gasteiger partial charge in [0.25, 0.3) is 5.91 Å². The van der Waals surface area contributed by atoms with Gasteiger partial charge in [-0.15, -0.1) is 0 Å². The number of nitrogens with two attached hydrogens (primary N) is 1. The predicted octanol–water partition coefficient (Wildman–Crippen LogP) is 1.48. The van der Waals surface area contributed by atoms with Crippen LogP contribution in [0.25, 0.3) is 0 Å². The largest absolute Gasteiger partial charge is 0.396 e. The van der Waals surface area contributed by atoms with Crippen LogP contribution in [0.3, 0.4) is 0 Å². The highest BCUT2D eigenvalue weighted by molar-refractivity contribution is 5.94. The molecule has 1 aromatic carbocycles. The maximum Gasteiger partial charge on any atom is 0.251 e. The summed E-state index contributed by atoms with van der Waals surface area (Å²) in [5.74, 6) is -0.825. The van der Waals surface area contributed by atoms with Gasteiger partial charge in [0.05, 0.1) is 5.69 Å². The number of nitrogens with zero attached hydrogens (tertiary/aromatic N) is 1. The minimum absolute atomic E-state index is 0.0533. The molecule has 0 spiro atoms. The molecule has 5 heteroatoms. The van der Waals surface area contributed by atoms with Gasteiger partial charge >= 0.3 is 0 Å². The summed E-state index contributed by atoms with van der Waals surface area (Å²) in [5, 5.41) is 2.75. The van der Waals surface area contributed by atoms with Crippen LogP contribution in [-0.2, 0) is 0 Å². The van der Waals surface area contributed by atoms with Crippen molar-refractivity contribution in [2.75, 3.05) is 32.9 Å². The third-order valence-corrected chi connectivity index (χ3v) is 2.58. The standard InChI is InChI=1S/C13H20FN3O/c1-17(2)8-4-3-7-16-13(18)10-5-6-12(15)11(14)9-10/h5-6,9H,3-4,7-8,15H2,1-2H3,(H,16,18). The molecule has 0 saturated heterocycles. The molecule has 1 rings (SSSR count). The van der Waals surface area contributed by atoms with Gasteiger partial charge in [-0.1, -0.05) is 0 Å². The Bertz CT molecular complexity index is 407. The molecule has 0 aliphatic carbocycles. The van der Waals surface area contributed by atoms with E-state index in [9.17, 15) is 9.18 Å². The molecule has 100 valence electrons. The first-order chi connectivity index (χ1) is 8.50. The van der Waals surface area contributed by atoms with E-state index in [-0.39, 0.29) is 11.6 Å². The number of nitrogens with one attached hydrogen (secondary N) is 1. The molecule has 1 aromatic rings. The van der Waals surface area contributed by atoms with Gasteiger partial charge in [-0.2, -0.15) is 0 Å². The van der Waals surface area contributed by atoms with E-state index in [1.165, 1.54) is 12.1 Å². The fourth-order valence-electron chi connectivity index (χ4n) is 1.53. The van der Waals surface area contributed by atoms with E-state index in [0.29, 0.717) is 12.1 Å². The minimum atomic E-state index is -0.560. The topological polar surface area (TPSA) is 58.4 Å². The molecule has 0 aromatic heterocycles. The minimum Gasteiger partial charge on any atom is -0.396 e. The Kier molecular flexibility index (Phi) is 5.58. The number of unbranched alkanes of at least 4 members (excludes halogenated alkanes) is 1. The molecule has 0 heterocycles. The molecule has 0 radical (unpaired) electrons. The summed E-state index contributed by atoms with van der Waals surface area (Å²) in [6, 6.07) is 4.08. The van der Waals surface area contributed by atoms with Crippen LogP contribution in [-0.4, -0.2) is 38.0 Å². The third kappa shape index (κ3) is 4.71. The number of hydrogen-bond acceptors (Lipinski definition) is 3. The summed E-state index contributed by atoms with van der Waals surface area (Å²) in [7, 11) is 4.02. The molecule has 0 unspecified atom stereocenters. The summed E-state index contributed by atoms with van der Waals surface area (Å²) in [6.45, 7) is 1.59. The van der Waals surface area contributed by atoms with Crippen LogP contribution in [0.4, 0.5) is 10.1 Å². The number of rotatable bonds is 6. The number of hydrogen-bond donors (Lipinski definition) is 2. The van der Waals surface area contributed by atoms with Crippen molar-refractivity contribution in [2.24, 2.45) is 0 Å². The zero-order valence-corrected chi connectivity index (χ0v) is 10.9. The van der Waals surface area contributed by atoms with Crippen LogP contribution in [0.15, 0.2) is 18.2 Å². The molecule has 0 atom stereocenters. The van der Waals surface area contributed by atoms with Gasteiger partial charge in [-0.05, 0) is 51.7 Å². The zero-order chi connectivity index (χ0) is 13.5. The first-order valence-electron chi connectivity index (χ1n) is 5.98. The van der Waals surface area contributed by atoms with Crippen LogP contribution in [0, 0.1) is 5.82 Å². The summed E-state index contributed by atoms with van der Waals surface area (Å²) in [5.41, 5.74) is 5.70. The van der Waals surface area contributed by atoms with Gasteiger partial charge in [0.2, 0.25) is 0 Å². The molecular weight excluding hydrogens is 233 g/mol. The van der Waals surface area contributed by atoms with E-state index in [1.807, 2.05) is 14.1 Å². The summed E-state index contributed by atoms with van der Waals surface area (Å²) in [4.78, 5) is 13.8. The molecule has 0 bridgehead atoms. The first kappa shape index (κ1) is 14.4. The Morgan fingerprint density at radius 1 is 1.39 bits per heavy atom. The van der Waals surface area contributed by atoms with Crippen LogP contribution in [0.5, 0.6) is 0 Å². The number of benzene rings is 1. The molecule has 0 saturated carbocycles. The number of carbonyl (C=O) groups is 1. The number of nitrogen functional groups attached to an aromatic ring is 1. The monoisotopic (exact) mass is 253 g/mol. The van der Waals surface area contributed by atoms with Gasteiger partial charge in [-0.25, -0.2) is 4.39 Å². The quantitative estimate of drug-likeness (QED) is 0.596. The summed E-state index contributed by atoms with van der Waals surface area (Å²) in [6.07, 6.45) is 1.92. The van der Waals surface area contributed by atoms with Crippen molar-refractivity contribution in [3.05, 3.63) is 29.6 Å².